The molecule has 0 aliphatic heterocycles. The molecule has 0 aliphatic carbocycles. The van der Waals surface area contributed by atoms with Crippen molar-refractivity contribution in [3.63, 3.8) is 0 Å². The van der Waals surface area contributed by atoms with Gasteiger partial charge in [0.25, 0.3) is 5.91 Å². The lowest BCUT2D eigenvalue weighted by Crippen LogP contribution is -2.30. The number of carbonyl (C=O) groups excluding carboxylic acids is 1. The number of anilines is 1. The van der Waals surface area contributed by atoms with Gasteiger partial charge in [0.1, 0.15) is 5.82 Å². The molecule has 1 amide bonds. The highest BCUT2D eigenvalue weighted by Crippen LogP contribution is 2.28. The maximum atomic E-state index is 13.2. The molecule has 3 aromatic rings. The lowest BCUT2D eigenvalue weighted by atomic mass is 9.92. The molecule has 176 valence electrons. The number of sulfonamides is 1. The molecule has 1 N–H and O–H groups in total. The number of nitrogens with zero attached hydrogens (tertiary/aromatic N) is 4. The van der Waals surface area contributed by atoms with Gasteiger partial charge in [-0.05, 0) is 30.3 Å². The van der Waals surface area contributed by atoms with Crippen LogP contribution in [0.4, 0.5) is 5.82 Å². The average molecular weight is 490 g/mol. The van der Waals surface area contributed by atoms with Crippen LogP contribution in [-0.4, -0.2) is 46.5 Å². The van der Waals surface area contributed by atoms with Gasteiger partial charge in [0.15, 0.2) is 5.82 Å². The number of benzene rings is 1. The van der Waals surface area contributed by atoms with Gasteiger partial charge >= 0.3 is 0 Å². The Hall–Kier alpha value is -2.75. The van der Waals surface area contributed by atoms with E-state index < -0.39 is 15.9 Å². The number of halogens is 1. The normalized spacial score (nSPS) is 12.2. The van der Waals surface area contributed by atoms with Crippen LogP contribution in [0.5, 0.6) is 0 Å². The molecule has 33 heavy (non-hydrogen) atoms. The van der Waals surface area contributed by atoms with Gasteiger partial charge in [-0.3, -0.25) is 4.79 Å². The summed E-state index contributed by atoms with van der Waals surface area (Å²) in [7, 11) is -3.75. The predicted molar refractivity (Wildman–Crippen MR) is 130 cm³/mol. The molecule has 0 fully saturated rings. The molecule has 0 bridgehead atoms. The molecule has 3 rings (SSSR count). The first-order valence-corrected chi connectivity index (χ1v) is 12.4. The van der Waals surface area contributed by atoms with Crippen LogP contribution in [0.15, 0.2) is 53.6 Å². The highest BCUT2D eigenvalue weighted by atomic mass is 35.5. The summed E-state index contributed by atoms with van der Waals surface area (Å²) in [5.41, 5.74) is 0.540. The van der Waals surface area contributed by atoms with Gasteiger partial charge in [-0.25, -0.2) is 13.4 Å². The van der Waals surface area contributed by atoms with Gasteiger partial charge in [-0.15, -0.1) is 0 Å². The third-order valence-electron chi connectivity index (χ3n) is 5.11. The zero-order valence-corrected chi connectivity index (χ0v) is 20.9. The van der Waals surface area contributed by atoms with Gasteiger partial charge < -0.3 is 5.32 Å². The number of carbonyl (C=O) groups is 1. The first-order valence-electron chi connectivity index (χ1n) is 10.6. The Morgan fingerprint density at radius 3 is 2.39 bits per heavy atom. The molecule has 0 saturated carbocycles. The van der Waals surface area contributed by atoms with Gasteiger partial charge in [0.05, 0.1) is 21.2 Å². The second-order valence-electron chi connectivity index (χ2n) is 8.45. The number of amides is 1. The second-order valence-corrected chi connectivity index (χ2v) is 10.8. The molecule has 0 radical (unpaired) electrons. The smallest absolute Gasteiger partial charge is 0.258 e. The van der Waals surface area contributed by atoms with E-state index in [1.807, 2.05) is 26.8 Å². The summed E-state index contributed by atoms with van der Waals surface area (Å²) in [6.45, 7) is 10.2. The van der Waals surface area contributed by atoms with Crippen molar-refractivity contribution in [1.29, 1.82) is 0 Å². The fourth-order valence-corrected chi connectivity index (χ4v) is 4.91. The molecule has 0 saturated heterocycles. The highest BCUT2D eigenvalue weighted by molar-refractivity contribution is 7.89. The topological polar surface area (TPSA) is 97.2 Å². The third-order valence-corrected chi connectivity index (χ3v) is 7.49. The summed E-state index contributed by atoms with van der Waals surface area (Å²) in [5, 5.41) is 7.59. The van der Waals surface area contributed by atoms with Crippen molar-refractivity contribution in [2.45, 2.75) is 44.9 Å². The van der Waals surface area contributed by atoms with Crippen molar-refractivity contribution in [2.75, 3.05) is 18.4 Å². The zero-order chi connectivity index (χ0) is 24.4. The van der Waals surface area contributed by atoms with E-state index in [4.69, 9.17) is 11.6 Å². The van der Waals surface area contributed by atoms with Crippen LogP contribution >= 0.6 is 11.6 Å². The second kappa shape index (κ2) is 9.62. The van der Waals surface area contributed by atoms with E-state index in [1.165, 1.54) is 22.5 Å². The van der Waals surface area contributed by atoms with Crippen LogP contribution in [0.2, 0.25) is 5.02 Å². The summed E-state index contributed by atoms with van der Waals surface area (Å²) in [5.74, 6) is 0.387. The Labute approximate surface area is 199 Å². The minimum absolute atomic E-state index is 0.00867. The van der Waals surface area contributed by atoms with Crippen molar-refractivity contribution in [3.8, 4) is 5.82 Å². The number of aromatic nitrogens is 3. The maximum absolute atomic E-state index is 13.2. The Balaban J connectivity index is 2.02. The predicted octanol–water partition coefficient (Wildman–Crippen LogP) is 4.50. The van der Waals surface area contributed by atoms with E-state index in [1.54, 1.807) is 42.9 Å². The Kier molecular flexibility index (Phi) is 7.26. The first-order chi connectivity index (χ1) is 15.5. The Morgan fingerprint density at radius 2 is 1.82 bits per heavy atom. The molecule has 2 aromatic heterocycles. The van der Waals surface area contributed by atoms with Crippen LogP contribution in [0.25, 0.3) is 5.82 Å². The quantitative estimate of drug-likeness (QED) is 0.527. The number of pyridine rings is 1. The molecule has 1 aromatic carbocycles. The molecule has 0 spiro atoms. The number of rotatable bonds is 7. The van der Waals surface area contributed by atoms with Gasteiger partial charge in [-0.1, -0.05) is 52.3 Å². The Morgan fingerprint density at radius 1 is 1.12 bits per heavy atom. The van der Waals surface area contributed by atoms with E-state index >= 15 is 0 Å². The molecule has 2 heterocycles. The van der Waals surface area contributed by atoms with Gasteiger partial charge in [0.2, 0.25) is 10.0 Å². The van der Waals surface area contributed by atoms with Crippen molar-refractivity contribution < 1.29 is 13.2 Å². The molecule has 0 aliphatic rings. The molecular formula is C23H28ClN5O3S. The number of nitrogens with one attached hydrogen (secondary N) is 1. The minimum atomic E-state index is -3.75. The first kappa shape index (κ1) is 24.9. The van der Waals surface area contributed by atoms with Crippen molar-refractivity contribution >= 4 is 33.3 Å². The summed E-state index contributed by atoms with van der Waals surface area (Å²) in [6.07, 6.45) is 1.64. The number of hydrogen-bond donors (Lipinski definition) is 1. The third kappa shape index (κ3) is 5.26. The van der Waals surface area contributed by atoms with Crippen molar-refractivity contribution in [2.24, 2.45) is 0 Å². The maximum Gasteiger partial charge on any atom is 0.258 e. The SMILES string of the molecule is CCN(CC)S(=O)(=O)c1ccc(Cl)c(C(=O)Nc2cc(C(C)(C)C)nn2-c2ccccn2)c1. The lowest BCUT2D eigenvalue weighted by Gasteiger charge is -2.19. The Bertz CT molecular complexity index is 1250. The van der Waals surface area contributed by atoms with Crippen LogP contribution in [0, 0.1) is 0 Å². The minimum Gasteiger partial charge on any atom is -0.306 e. The van der Waals surface area contributed by atoms with E-state index in [0.29, 0.717) is 24.7 Å². The van der Waals surface area contributed by atoms with Crippen LogP contribution < -0.4 is 5.32 Å². The van der Waals surface area contributed by atoms with E-state index in [9.17, 15) is 13.2 Å². The van der Waals surface area contributed by atoms with Gasteiger partial charge in [-0.2, -0.15) is 14.1 Å². The largest absolute Gasteiger partial charge is 0.306 e. The molecule has 0 atom stereocenters. The lowest BCUT2D eigenvalue weighted by molar-refractivity contribution is 0.102. The average Bonchev–Trinajstić information content (AvgIpc) is 3.19. The standard InChI is InChI=1S/C23H28ClN5O3S/c1-6-28(7-2)33(31,32)16-11-12-18(24)17(14-16)22(30)26-21-15-19(23(3,4)5)27-29(21)20-10-8-9-13-25-20/h8-15H,6-7H2,1-5H3,(H,26,30). The fraction of sp³-hybridized carbons (Fsp3) is 0.348. The summed E-state index contributed by atoms with van der Waals surface area (Å²) < 4.78 is 28.7. The zero-order valence-electron chi connectivity index (χ0n) is 19.3. The highest BCUT2D eigenvalue weighted by Gasteiger charge is 2.26. The summed E-state index contributed by atoms with van der Waals surface area (Å²) in [6, 6.07) is 11.3. The van der Waals surface area contributed by atoms with Crippen molar-refractivity contribution in [1.82, 2.24) is 19.1 Å². The van der Waals surface area contributed by atoms with Gasteiger partial charge in [0, 0.05) is 30.8 Å². The fourth-order valence-electron chi connectivity index (χ4n) is 3.23. The number of hydrogen-bond acceptors (Lipinski definition) is 5. The van der Waals surface area contributed by atoms with Crippen LogP contribution in [0.3, 0.4) is 0 Å². The van der Waals surface area contributed by atoms with Crippen LogP contribution in [-0.2, 0) is 15.4 Å². The molecule has 8 nitrogen and oxygen atoms in total. The molecule has 0 unspecified atom stereocenters. The molecule has 10 heteroatoms. The van der Waals surface area contributed by atoms with E-state index in [0.717, 1.165) is 5.69 Å². The molecular weight excluding hydrogens is 462 g/mol. The van der Waals surface area contributed by atoms with Crippen LogP contribution in [0.1, 0.15) is 50.7 Å². The van der Waals surface area contributed by atoms with Crippen molar-refractivity contribution in [3.05, 3.63) is 64.9 Å². The monoisotopic (exact) mass is 489 g/mol. The van der Waals surface area contributed by atoms with E-state index in [2.05, 4.69) is 15.4 Å². The van der Waals surface area contributed by atoms with E-state index in [-0.39, 0.29) is 20.9 Å². The summed E-state index contributed by atoms with van der Waals surface area (Å²) in [4.78, 5) is 17.5. The summed E-state index contributed by atoms with van der Waals surface area (Å²) >= 11 is 6.29.